The van der Waals surface area contributed by atoms with Crippen molar-refractivity contribution in [3.8, 4) is 0 Å². The fraction of sp³-hybridized carbons (Fsp3) is 0.154. The van der Waals surface area contributed by atoms with Gasteiger partial charge in [-0.3, -0.25) is 0 Å². The van der Waals surface area contributed by atoms with Crippen molar-refractivity contribution in [2.45, 2.75) is 6.54 Å². The number of pyridine rings is 1. The minimum absolute atomic E-state index is 0.213. The maximum absolute atomic E-state index is 13.0. The van der Waals surface area contributed by atoms with Gasteiger partial charge in [-0.1, -0.05) is 12.1 Å². The molecule has 0 atom stereocenters. The van der Waals surface area contributed by atoms with Crippen LogP contribution in [0.5, 0.6) is 0 Å². The average molecular weight is 231 g/mol. The molecule has 4 heteroatoms. The van der Waals surface area contributed by atoms with Crippen molar-refractivity contribution in [2.24, 2.45) is 0 Å². The monoisotopic (exact) mass is 231 g/mol. The summed E-state index contributed by atoms with van der Waals surface area (Å²) in [6.45, 7) is 0.588. The molecule has 0 bridgehead atoms. The molecular formula is C13H14FN3. The zero-order valence-corrected chi connectivity index (χ0v) is 9.57. The highest BCUT2D eigenvalue weighted by atomic mass is 19.1. The Morgan fingerprint density at radius 2 is 2.12 bits per heavy atom. The lowest BCUT2D eigenvalue weighted by molar-refractivity contribution is 0.626. The normalized spacial score (nSPS) is 10.0. The molecule has 0 aliphatic heterocycles. The van der Waals surface area contributed by atoms with Crippen molar-refractivity contribution in [3.05, 3.63) is 54.0 Å². The minimum Gasteiger partial charge on any atom is -0.381 e. The maximum atomic E-state index is 13.0. The molecule has 88 valence electrons. The van der Waals surface area contributed by atoms with Gasteiger partial charge in [0.25, 0.3) is 0 Å². The molecule has 1 heterocycles. The summed E-state index contributed by atoms with van der Waals surface area (Å²) >= 11 is 0. The maximum Gasteiger partial charge on any atom is 0.127 e. The Hall–Kier alpha value is -2.10. The standard InChI is InChI=1S/C13H14FN3/c1-15-13-8-12(5-6-16-13)17-9-10-3-2-4-11(14)7-10/h2-8H,9H2,1H3,(H2,15,16,17). The number of nitrogens with zero attached hydrogens (tertiary/aromatic N) is 1. The lowest BCUT2D eigenvalue weighted by Gasteiger charge is -2.07. The molecule has 2 aromatic rings. The summed E-state index contributed by atoms with van der Waals surface area (Å²) in [4.78, 5) is 4.12. The highest BCUT2D eigenvalue weighted by molar-refractivity contribution is 5.51. The summed E-state index contributed by atoms with van der Waals surface area (Å²) in [6.07, 6.45) is 1.72. The Kier molecular flexibility index (Phi) is 3.55. The van der Waals surface area contributed by atoms with E-state index in [1.165, 1.54) is 12.1 Å². The number of rotatable bonds is 4. The minimum atomic E-state index is -0.213. The number of halogens is 1. The van der Waals surface area contributed by atoms with Crippen LogP contribution in [0.15, 0.2) is 42.6 Å². The molecule has 0 aliphatic rings. The lowest BCUT2D eigenvalue weighted by atomic mass is 10.2. The van der Waals surface area contributed by atoms with Gasteiger partial charge in [0.15, 0.2) is 0 Å². The van der Waals surface area contributed by atoms with Crippen LogP contribution < -0.4 is 10.6 Å². The van der Waals surface area contributed by atoms with E-state index in [2.05, 4.69) is 15.6 Å². The third-order valence-electron chi connectivity index (χ3n) is 2.40. The Bertz CT molecular complexity index is 500. The lowest BCUT2D eigenvalue weighted by Crippen LogP contribution is -2.01. The van der Waals surface area contributed by atoms with E-state index in [1.807, 2.05) is 25.2 Å². The van der Waals surface area contributed by atoms with Gasteiger partial charge in [-0.2, -0.15) is 0 Å². The summed E-state index contributed by atoms with van der Waals surface area (Å²) in [6, 6.07) is 10.3. The molecular weight excluding hydrogens is 217 g/mol. The first-order valence-corrected chi connectivity index (χ1v) is 5.40. The molecule has 1 aromatic heterocycles. The van der Waals surface area contributed by atoms with Crippen LogP contribution in [0.25, 0.3) is 0 Å². The van der Waals surface area contributed by atoms with Gasteiger partial charge in [-0.15, -0.1) is 0 Å². The van der Waals surface area contributed by atoms with Gasteiger partial charge in [0.1, 0.15) is 11.6 Å². The van der Waals surface area contributed by atoms with Gasteiger partial charge < -0.3 is 10.6 Å². The highest BCUT2D eigenvalue weighted by Crippen LogP contribution is 2.13. The van der Waals surface area contributed by atoms with Crippen LogP contribution in [0.3, 0.4) is 0 Å². The Balaban J connectivity index is 2.02. The average Bonchev–Trinajstić information content (AvgIpc) is 2.37. The van der Waals surface area contributed by atoms with Crippen LogP contribution in [0.4, 0.5) is 15.9 Å². The molecule has 0 spiro atoms. The molecule has 0 saturated heterocycles. The summed E-state index contributed by atoms with van der Waals surface area (Å²) in [5.74, 6) is 0.587. The number of benzene rings is 1. The van der Waals surface area contributed by atoms with Crippen molar-refractivity contribution in [1.29, 1.82) is 0 Å². The van der Waals surface area contributed by atoms with Gasteiger partial charge in [-0.05, 0) is 23.8 Å². The summed E-state index contributed by atoms with van der Waals surface area (Å²) in [5, 5.41) is 6.18. The SMILES string of the molecule is CNc1cc(NCc2cccc(F)c2)ccn1. The van der Waals surface area contributed by atoms with Gasteiger partial charge >= 0.3 is 0 Å². The Morgan fingerprint density at radius 1 is 1.24 bits per heavy atom. The van der Waals surface area contributed by atoms with E-state index >= 15 is 0 Å². The van der Waals surface area contributed by atoms with E-state index in [0.717, 1.165) is 17.1 Å². The van der Waals surface area contributed by atoms with Crippen molar-refractivity contribution in [1.82, 2.24) is 4.98 Å². The van der Waals surface area contributed by atoms with Gasteiger partial charge in [0.2, 0.25) is 0 Å². The summed E-state index contributed by atoms with van der Waals surface area (Å²) < 4.78 is 13.0. The second-order valence-electron chi connectivity index (χ2n) is 3.66. The van der Waals surface area contributed by atoms with Crippen molar-refractivity contribution < 1.29 is 4.39 Å². The van der Waals surface area contributed by atoms with Crippen LogP contribution in [-0.2, 0) is 6.54 Å². The molecule has 2 N–H and O–H groups in total. The fourth-order valence-corrected chi connectivity index (χ4v) is 1.53. The Morgan fingerprint density at radius 3 is 2.88 bits per heavy atom. The van der Waals surface area contributed by atoms with Gasteiger partial charge in [0, 0.05) is 31.5 Å². The first-order valence-electron chi connectivity index (χ1n) is 5.40. The van der Waals surface area contributed by atoms with E-state index in [1.54, 1.807) is 12.3 Å². The molecule has 0 fully saturated rings. The molecule has 0 aliphatic carbocycles. The highest BCUT2D eigenvalue weighted by Gasteiger charge is 1.97. The third-order valence-corrected chi connectivity index (χ3v) is 2.40. The molecule has 0 unspecified atom stereocenters. The molecule has 2 rings (SSSR count). The zero-order chi connectivity index (χ0) is 12.1. The predicted octanol–water partition coefficient (Wildman–Crippen LogP) is 2.87. The van der Waals surface area contributed by atoms with Gasteiger partial charge in [0.05, 0.1) is 0 Å². The largest absolute Gasteiger partial charge is 0.381 e. The van der Waals surface area contributed by atoms with Crippen LogP contribution >= 0.6 is 0 Å². The first kappa shape index (κ1) is 11.4. The summed E-state index contributed by atoms with van der Waals surface area (Å²) in [5.41, 5.74) is 1.86. The molecule has 0 saturated carbocycles. The number of aromatic nitrogens is 1. The van der Waals surface area contributed by atoms with Crippen LogP contribution in [-0.4, -0.2) is 12.0 Å². The van der Waals surface area contributed by atoms with Crippen LogP contribution in [0, 0.1) is 5.82 Å². The molecule has 0 radical (unpaired) electrons. The fourth-order valence-electron chi connectivity index (χ4n) is 1.53. The summed E-state index contributed by atoms with van der Waals surface area (Å²) in [7, 11) is 1.82. The van der Waals surface area contributed by atoms with E-state index in [4.69, 9.17) is 0 Å². The first-order chi connectivity index (χ1) is 8.28. The smallest absolute Gasteiger partial charge is 0.127 e. The van der Waals surface area contributed by atoms with Crippen molar-refractivity contribution in [3.63, 3.8) is 0 Å². The van der Waals surface area contributed by atoms with E-state index in [-0.39, 0.29) is 5.82 Å². The molecule has 1 aromatic carbocycles. The molecule has 0 amide bonds. The van der Waals surface area contributed by atoms with Crippen molar-refractivity contribution in [2.75, 3.05) is 17.7 Å². The second-order valence-corrected chi connectivity index (χ2v) is 3.66. The van der Waals surface area contributed by atoms with Crippen LogP contribution in [0.1, 0.15) is 5.56 Å². The quantitative estimate of drug-likeness (QED) is 0.849. The Labute approximate surface area is 99.7 Å². The third kappa shape index (κ3) is 3.17. The molecule has 17 heavy (non-hydrogen) atoms. The number of hydrogen-bond acceptors (Lipinski definition) is 3. The number of anilines is 2. The predicted molar refractivity (Wildman–Crippen MR) is 67.5 cm³/mol. The number of nitrogens with one attached hydrogen (secondary N) is 2. The zero-order valence-electron chi connectivity index (χ0n) is 9.57. The molecule has 3 nitrogen and oxygen atoms in total. The second kappa shape index (κ2) is 5.30. The van der Waals surface area contributed by atoms with Gasteiger partial charge in [-0.25, -0.2) is 9.37 Å². The van der Waals surface area contributed by atoms with E-state index in [0.29, 0.717) is 6.54 Å². The number of hydrogen-bond donors (Lipinski definition) is 2. The van der Waals surface area contributed by atoms with Crippen molar-refractivity contribution >= 4 is 11.5 Å². The van der Waals surface area contributed by atoms with E-state index < -0.39 is 0 Å². The van der Waals surface area contributed by atoms with Crippen LogP contribution in [0.2, 0.25) is 0 Å². The van der Waals surface area contributed by atoms with E-state index in [9.17, 15) is 4.39 Å². The topological polar surface area (TPSA) is 37.0 Å².